The zero-order chi connectivity index (χ0) is 16.1. The number of aromatic amines is 1. The maximum absolute atomic E-state index is 12.2. The summed E-state index contributed by atoms with van der Waals surface area (Å²) in [7, 11) is 0. The summed E-state index contributed by atoms with van der Waals surface area (Å²) in [6.45, 7) is 4.41. The number of anilines is 2. The van der Waals surface area contributed by atoms with Gasteiger partial charge in [-0.25, -0.2) is 4.98 Å². The number of halogens is 1. The van der Waals surface area contributed by atoms with E-state index in [1.807, 2.05) is 42.6 Å². The zero-order valence-electron chi connectivity index (χ0n) is 12.9. The molecule has 6 heteroatoms. The normalized spacial score (nSPS) is 15.4. The van der Waals surface area contributed by atoms with E-state index in [9.17, 15) is 4.79 Å². The number of benzene rings is 1. The lowest BCUT2D eigenvalue weighted by Gasteiger charge is -2.27. The Bertz CT molecular complexity index is 639. The third kappa shape index (κ3) is 4.65. The van der Waals surface area contributed by atoms with Crippen LogP contribution in [-0.4, -0.2) is 38.6 Å². The number of hydrogen-bond donors (Lipinski definition) is 2. The number of piperazine rings is 1. The molecule has 1 aliphatic rings. The molecule has 1 aromatic carbocycles. The molecule has 0 aliphatic carbocycles. The van der Waals surface area contributed by atoms with Crippen LogP contribution in [0.2, 0.25) is 0 Å². The van der Waals surface area contributed by atoms with Crippen LogP contribution in [0.5, 0.6) is 0 Å². The molecule has 0 atom stereocenters. The van der Waals surface area contributed by atoms with Gasteiger partial charge in [0.25, 0.3) is 11.7 Å². The van der Waals surface area contributed by atoms with Crippen molar-refractivity contribution in [2.75, 3.05) is 42.9 Å². The second kappa shape index (κ2) is 7.74. The van der Waals surface area contributed by atoms with Crippen molar-refractivity contribution in [3.05, 3.63) is 52.2 Å². The van der Waals surface area contributed by atoms with Gasteiger partial charge >= 0.3 is 0 Å². The number of nitrogens with zero attached hydrogens (tertiary/aromatic N) is 1. The molecular formula is C17H21IN4O+2. The van der Waals surface area contributed by atoms with Crippen LogP contribution in [0.3, 0.4) is 0 Å². The molecule has 0 spiro atoms. The summed E-state index contributed by atoms with van der Waals surface area (Å²) in [6, 6.07) is 14.0. The second-order valence-corrected chi connectivity index (χ2v) is 6.96. The number of amides is 1. The van der Waals surface area contributed by atoms with Crippen LogP contribution in [0.15, 0.2) is 48.7 Å². The van der Waals surface area contributed by atoms with E-state index in [1.165, 1.54) is 8.47 Å². The molecule has 1 aliphatic heterocycles. The van der Waals surface area contributed by atoms with Gasteiger partial charge in [0.05, 0.1) is 6.20 Å². The fourth-order valence-electron chi connectivity index (χ4n) is 2.79. The molecule has 3 N–H and O–H groups in total. The molecular weight excluding hydrogens is 403 g/mol. The summed E-state index contributed by atoms with van der Waals surface area (Å²) in [4.78, 5) is 19.1. The number of aromatic nitrogens is 1. The van der Waals surface area contributed by atoms with Gasteiger partial charge in [-0.15, -0.1) is 0 Å². The molecule has 2 heterocycles. The minimum atomic E-state index is 0.0842. The van der Waals surface area contributed by atoms with Gasteiger partial charge in [0.1, 0.15) is 26.2 Å². The van der Waals surface area contributed by atoms with Crippen LogP contribution in [0.1, 0.15) is 0 Å². The van der Waals surface area contributed by atoms with Gasteiger partial charge in [0, 0.05) is 15.3 Å². The van der Waals surface area contributed by atoms with Crippen LogP contribution < -0.4 is 20.1 Å². The average Bonchev–Trinajstić information content (AvgIpc) is 2.58. The van der Waals surface area contributed by atoms with Crippen molar-refractivity contribution in [2.24, 2.45) is 0 Å². The summed E-state index contributed by atoms with van der Waals surface area (Å²) in [5, 5.41) is 2.98. The number of rotatable bonds is 4. The molecule has 1 saturated heterocycles. The fourth-order valence-corrected chi connectivity index (χ4v) is 3.15. The standard InChI is InChI=1S/C17H19IN4O/c18-14-4-6-15(7-5-14)20-17(23)13-21-9-11-22(12-10-21)16-3-1-2-8-19-16/h1-8H,9-13H2,(H,20,23)/p+2. The number of pyridine rings is 1. The zero-order valence-corrected chi connectivity index (χ0v) is 15.0. The van der Waals surface area contributed by atoms with Crippen LogP contribution in [-0.2, 0) is 4.79 Å². The first-order chi connectivity index (χ1) is 11.2. The third-order valence-corrected chi connectivity index (χ3v) is 4.76. The van der Waals surface area contributed by atoms with Gasteiger partial charge < -0.3 is 10.2 Å². The summed E-state index contributed by atoms with van der Waals surface area (Å²) < 4.78 is 1.17. The number of carbonyl (C=O) groups excluding carboxylic acids is 1. The lowest BCUT2D eigenvalue weighted by Crippen LogP contribution is -3.15. The Kier molecular flexibility index (Phi) is 5.45. The minimum absolute atomic E-state index is 0.0842. The van der Waals surface area contributed by atoms with E-state index in [0.29, 0.717) is 6.54 Å². The summed E-state index contributed by atoms with van der Waals surface area (Å²) in [5.41, 5.74) is 0.868. The molecule has 23 heavy (non-hydrogen) atoms. The Balaban J connectivity index is 1.47. The van der Waals surface area contributed by atoms with E-state index in [-0.39, 0.29) is 5.91 Å². The number of carbonyl (C=O) groups is 1. The van der Waals surface area contributed by atoms with Gasteiger partial charge in [-0.3, -0.25) is 9.69 Å². The summed E-state index contributed by atoms with van der Waals surface area (Å²) in [5.74, 6) is 1.23. The van der Waals surface area contributed by atoms with E-state index < -0.39 is 0 Å². The van der Waals surface area contributed by atoms with Crippen molar-refractivity contribution >= 4 is 40.0 Å². The van der Waals surface area contributed by atoms with Gasteiger partial charge in [-0.05, 0) is 52.9 Å². The Labute approximate surface area is 149 Å². The predicted octanol–water partition coefficient (Wildman–Crippen LogP) is 0.449. The van der Waals surface area contributed by atoms with Gasteiger partial charge in [0.15, 0.2) is 6.54 Å². The first-order valence-corrected chi connectivity index (χ1v) is 8.89. The molecule has 0 saturated carbocycles. The van der Waals surface area contributed by atoms with Crippen molar-refractivity contribution in [2.45, 2.75) is 0 Å². The summed E-state index contributed by atoms with van der Waals surface area (Å²) in [6.07, 6.45) is 1.95. The highest BCUT2D eigenvalue weighted by molar-refractivity contribution is 14.1. The van der Waals surface area contributed by atoms with Crippen molar-refractivity contribution in [1.29, 1.82) is 0 Å². The van der Waals surface area contributed by atoms with Crippen LogP contribution >= 0.6 is 22.6 Å². The van der Waals surface area contributed by atoms with Gasteiger partial charge in [0.2, 0.25) is 0 Å². The highest BCUT2D eigenvalue weighted by Crippen LogP contribution is 2.10. The monoisotopic (exact) mass is 424 g/mol. The van der Waals surface area contributed by atoms with Crippen LogP contribution in [0.25, 0.3) is 0 Å². The van der Waals surface area contributed by atoms with E-state index >= 15 is 0 Å². The van der Waals surface area contributed by atoms with Crippen molar-refractivity contribution in [3.8, 4) is 0 Å². The molecule has 0 unspecified atom stereocenters. The number of hydrogen-bond acceptors (Lipinski definition) is 2. The minimum Gasteiger partial charge on any atom is -0.321 e. The van der Waals surface area contributed by atoms with Crippen molar-refractivity contribution < 1.29 is 14.7 Å². The average molecular weight is 424 g/mol. The number of quaternary nitrogens is 1. The molecule has 3 rings (SSSR count). The smallest absolute Gasteiger partial charge is 0.279 e. The number of nitrogens with one attached hydrogen (secondary N) is 3. The molecule has 2 aromatic rings. The van der Waals surface area contributed by atoms with Gasteiger partial charge in [-0.1, -0.05) is 6.07 Å². The maximum atomic E-state index is 12.2. The van der Waals surface area contributed by atoms with E-state index in [0.717, 1.165) is 37.7 Å². The van der Waals surface area contributed by atoms with Crippen molar-refractivity contribution in [3.63, 3.8) is 0 Å². The van der Waals surface area contributed by atoms with E-state index in [1.54, 1.807) is 0 Å². The maximum Gasteiger partial charge on any atom is 0.279 e. The number of H-pyrrole nitrogens is 1. The molecule has 5 nitrogen and oxygen atoms in total. The SMILES string of the molecule is O=C(C[NH+]1CCN(c2cccc[nH+]2)CC1)Nc1ccc(I)cc1. The first kappa shape index (κ1) is 16.2. The molecule has 1 amide bonds. The van der Waals surface area contributed by atoms with E-state index in [4.69, 9.17) is 0 Å². The lowest BCUT2D eigenvalue weighted by molar-refractivity contribution is -0.892. The topological polar surface area (TPSA) is 50.9 Å². The van der Waals surface area contributed by atoms with Gasteiger partial charge in [-0.2, -0.15) is 0 Å². The Morgan fingerprint density at radius 2 is 1.91 bits per heavy atom. The molecule has 0 bridgehead atoms. The van der Waals surface area contributed by atoms with Crippen molar-refractivity contribution in [1.82, 2.24) is 0 Å². The molecule has 1 fully saturated rings. The van der Waals surface area contributed by atoms with Crippen LogP contribution in [0.4, 0.5) is 11.5 Å². The quantitative estimate of drug-likeness (QED) is 0.701. The lowest BCUT2D eigenvalue weighted by atomic mass is 10.3. The summed E-state index contributed by atoms with van der Waals surface area (Å²) >= 11 is 2.26. The fraction of sp³-hybridized carbons (Fsp3) is 0.294. The van der Waals surface area contributed by atoms with E-state index in [2.05, 4.69) is 43.9 Å². The largest absolute Gasteiger partial charge is 0.321 e. The van der Waals surface area contributed by atoms with Crippen LogP contribution in [0, 0.1) is 3.57 Å². The predicted molar refractivity (Wildman–Crippen MR) is 98.6 cm³/mol. The molecule has 120 valence electrons. The third-order valence-electron chi connectivity index (χ3n) is 4.04. The molecule has 0 radical (unpaired) electrons. The highest BCUT2D eigenvalue weighted by Gasteiger charge is 2.27. The Morgan fingerprint density at radius 1 is 1.17 bits per heavy atom. The first-order valence-electron chi connectivity index (χ1n) is 7.81. The highest BCUT2D eigenvalue weighted by atomic mass is 127. The Morgan fingerprint density at radius 3 is 2.57 bits per heavy atom. The second-order valence-electron chi connectivity index (χ2n) is 5.72. The molecule has 1 aromatic heterocycles. The Hall–Kier alpha value is -1.67.